The molecule has 0 aliphatic heterocycles. The van der Waals surface area contributed by atoms with Crippen LogP contribution in [-0.4, -0.2) is 6.61 Å². The molecule has 86 valence electrons. The molecule has 0 fully saturated rings. The average Bonchev–Trinajstić information content (AvgIpc) is 2.24. The van der Waals surface area contributed by atoms with Gasteiger partial charge in [0.25, 0.3) is 0 Å². The van der Waals surface area contributed by atoms with Crippen molar-refractivity contribution in [2.24, 2.45) is 5.73 Å². The molecular formula is C12H15BrN2O. The van der Waals surface area contributed by atoms with Gasteiger partial charge in [0.05, 0.1) is 12.7 Å². The smallest absolute Gasteiger partial charge is 0.125 e. The van der Waals surface area contributed by atoms with E-state index in [-0.39, 0.29) is 6.04 Å². The van der Waals surface area contributed by atoms with Crippen LogP contribution in [0, 0.1) is 11.3 Å². The first-order valence-corrected chi connectivity index (χ1v) is 5.99. The molecule has 0 bridgehead atoms. The SMILES string of the molecule is CC(N)c1ccc(Br)cc1OCCCC#N. The lowest BCUT2D eigenvalue weighted by Crippen LogP contribution is -2.08. The molecular weight excluding hydrogens is 268 g/mol. The minimum absolute atomic E-state index is 0.0564. The second kappa shape index (κ2) is 6.51. The number of benzene rings is 1. The van der Waals surface area contributed by atoms with E-state index in [1.54, 1.807) is 0 Å². The molecule has 1 rings (SSSR count). The molecule has 0 aliphatic rings. The average molecular weight is 283 g/mol. The van der Waals surface area contributed by atoms with Gasteiger partial charge in [0.15, 0.2) is 0 Å². The van der Waals surface area contributed by atoms with Crippen molar-refractivity contribution in [1.82, 2.24) is 0 Å². The van der Waals surface area contributed by atoms with Gasteiger partial charge in [-0.2, -0.15) is 5.26 Å². The Hall–Kier alpha value is -1.05. The van der Waals surface area contributed by atoms with Gasteiger partial charge in [-0.3, -0.25) is 0 Å². The van der Waals surface area contributed by atoms with Crippen molar-refractivity contribution < 1.29 is 4.74 Å². The molecule has 0 amide bonds. The number of nitriles is 1. The van der Waals surface area contributed by atoms with Gasteiger partial charge in [-0.25, -0.2) is 0 Å². The molecule has 3 nitrogen and oxygen atoms in total. The molecule has 1 unspecified atom stereocenters. The van der Waals surface area contributed by atoms with E-state index in [9.17, 15) is 0 Å². The maximum Gasteiger partial charge on any atom is 0.125 e. The van der Waals surface area contributed by atoms with Crippen molar-refractivity contribution in [1.29, 1.82) is 5.26 Å². The Balaban J connectivity index is 2.69. The summed E-state index contributed by atoms with van der Waals surface area (Å²) in [4.78, 5) is 0. The minimum Gasteiger partial charge on any atom is -0.493 e. The van der Waals surface area contributed by atoms with Gasteiger partial charge < -0.3 is 10.5 Å². The first-order chi connectivity index (χ1) is 7.65. The number of nitrogens with zero attached hydrogens (tertiary/aromatic N) is 1. The Kier molecular flexibility index (Phi) is 5.30. The zero-order valence-corrected chi connectivity index (χ0v) is 10.8. The minimum atomic E-state index is -0.0564. The predicted molar refractivity (Wildman–Crippen MR) is 67.1 cm³/mol. The van der Waals surface area contributed by atoms with Crippen LogP contribution < -0.4 is 10.5 Å². The monoisotopic (exact) mass is 282 g/mol. The van der Waals surface area contributed by atoms with E-state index >= 15 is 0 Å². The molecule has 0 aromatic heterocycles. The molecule has 0 spiro atoms. The highest BCUT2D eigenvalue weighted by Gasteiger charge is 2.08. The molecule has 0 aliphatic carbocycles. The van der Waals surface area contributed by atoms with E-state index in [4.69, 9.17) is 15.7 Å². The Bertz CT molecular complexity index is 385. The summed E-state index contributed by atoms with van der Waals surface area (Å²) in [6.07, 6.45) is 1.25. The van der Waals surface area contributed by atoms with Gasteiger partial charge >= 0.3 is 0 Å². The number of ether oxygens (including phenoxy) is 1. The van der Waals surface area contributed by atoms with E-state index in [1.807, 2.05) is 25.1 Å². The number of halogens is 1. The van der Waals surface area contributed by atoms with Crippen LogP contribution >= 0.6 is 15.9 Å². The number of rotatable bonds is 5. The summed E-state index contributed by atoms with van der Waals surface area (Å²) in [6, 6.07) is 7.84. The van der Waals surface area contributed by atoms with Gasteiger partial charge in [-0.1, -0.05) is 22.0 Å². The highest BCUT2D eigenvalue weighted by molar-refractivity contribution is 9.10. The van der Waals surface area contributed by atoms with Crippen molar-refractivity contribution in [3.63, 3.8) is 0 Å². The number of unbranched alkanes of at least 4 members (excludes halogenated alkanes) is 1. The second-order valence-corrected chi connectivity index (χ2v) is 4.50. The summed E-state index contributed by atoms with van der Waals surface area (Å²) in [7, 11) is 0. The molecule has 0 saturated heterocycles. The van der Waals surface area contributed by atoms with Crippen molar-refractivity contribution in [3.8, 4) is 11.8 Å². The normalized spacial score (nSPS) is 11.9. The number of hydrogen-bond donors (Lipinski definition) is 1. The Labute approximate surface area is 104 Å². The van der Waals surface area contributed by atoms with Crippen LogP contribution in [0.15, 0.2) is 22.7 Å². The van der Waals surface area contributed by atoms with E-state index in [2.05, 4.69) is 22.0 Å². The lowest BCUT2D eigenvalue weighted by Gasteiger charge is -2.14. The van der Waals surface area contributed by atoms with Gasteiger partial charge in [-0.05, 0) is 25.5 Å². The standard InChI is InChI=1S/C12H15BrN2O/c1-9(15)11-5-4-10(13)8-12(11)16-7-3-2-6-14/h4-5,8-9H,2-3,7,15H2,1H3. The predicted octanol–water partition coefficient (Wildman–Crippen LogP) is 3.15. The van der Waals surface area contributed by atoms with Gasteiger partial charge in [-0.15, -0.1) is 0 Å². The lowest BCUT2D eigenvalue weighted by molar-refractivity contribution is 0.308. The van der Waals surface area contributed by atoms with E-state index in [0.29, 0.717) is 13.0 Å². The molecule has 2 N–H and O–H groups in total. The zero-order valence-electron chi connectivity index (χ0n) is 9.24. The summed E-state index contributed by atoms with van der Waals surface area (Å²) in [5.41, 5.74) is 6.83. The summed E-state index contributed by atoms with van der Waals surface area (Å²) < 4.78 is 6.59. The molecule has 0 radical (unpaired) electrons. The highest BCUT2D eigenvalue weighted by Crippen LogP contribution is 2.27. The molecule has 16 heavy (non-hydrogen) atoms. The van der Waals surface area contributed by atoms with Crippen LogP contribution in [0.5, 0.6) is 5.75 Å². The highest BCUT2D eigenvalue weighted by atomic mass is 79.9. The summed E-state index contributed by atoms with van der Waals surface area (Å²) in [5, 5.41) is 8.42. The molecule has 0 saturated carbocycles. The van der Waals surface area contributed by atoms with Gasteiger partial charge in [0, 0.05) is 22.5 Å². The number of hydrogen-bond acceptors (Lipinski definition) is 3. The van der Waals surface area contributed by atoms with Crippen LogP contribution in [0.25, 0.3) is 0 Å². The molecule has 0 heterocycles. The second-order valence-electron chi connectivity index (χ2n) is 3.58. The largest absolute Gasteiger partial charge is 0.493 e. The summed E-state index contributed by atoms with van der Waals surface area (Å²) in [5.74, 6) is 0.794. The van der Waals surface area contributed by atoms with E-state index < -0.39 is 0 Å². The number of nitrogens with two attached hydrogens (primary N) is 1. The maximum absolute atomic E-state index is 8.42. The van der Waals surface area contributed by atoms with Gasteiger partial charge in [0.1, 0.15) is 5.75 Å². The van der Waals surface area contributed by atoms with Crippen LogP contribution in [0.3, 0.4) is 0 Å². The van der Waals surface area contributed by atoms with E-state index in [1.165, 1.54) is 0 Å². The van der Waals surface area contributed by atoms with Gasteiger partial charge in [0.2, 0.25) is 0 Å². The Morgan fingerprint density at radius 3 is 2.94 bits per heavy atom. The van der Waals surface area contributed by atoms with Crippen LogP contribution in [0.2, 0.25) is 0 Å². The molecule has 1 atom stereocenters. The molecule has 4 heteroatoms. The summed E-state index contributed by atoms with van der Waals surface area (Å²) in [6.45, 7) is 2.47. The van der Waals surface area contributed by atoms with E-state index in [0.717, 1.165) is 22.2 Å². The summed E-state index contributed by atoms with van der Waals surface area (Å²) >= 11 is 3.39. The first-order valence-electron chi connectivity index (χ1n) is 5.20. The fourth-order valence-electron chi connectivity index (χ4n) is 1.34. The fourth-order valence-corrected chi connectivity index (χ4v) is 1.68. The van der Waals surface area contributed by atoms with Crippen molar-refractivity contribution in [3.05, 3.63) is 28.2 Å². The first kappa shape index (κ1) is 13.0. The topological polar surface area (TPSA) is 59.0 Å². The third-order valence-corrected chi connectivity index (χ3v) is 2.65. The van der Waals surface area contributed by atoms with Crippen molar-refractivity contribution >= 4 is 15.9 Å². The third-order valence-electron chi connectivity index (χ3n) is 2.16. The van der Waals surface area contributed by atoms with Crippen LogP contribution in [-0.2, 0) is 0 Å². The fraction of sp³-hybridized carbons (Fsp3) is 0.417. The van der Waals surface area contributed by atoms with Crippen molar-refractivity contribution in [2.75, 3.05) is 6.61 Å². The zero-order chi connectivity index (χ0) is 12.0. The maximum atomic E-state index is 8.42. The van der Waals surface area contributed by atoms with Crippen molar-refractivity contribution in [2.45, 2.75) is 25.8 Å². The van der Waals surface area contributed by atoms with Crippen LogP contribution in [0.4, 0.5) is 0 Å². The quantitative estimate of drug-likeness (QED) is 0.844. The third kappa shape index (κ3) is 3.84. The van der Waals surface area contributed by atoms with Crippen LogP contribution in [0.1, 0.15) is 31.4 Å². The molecule has 1 aromatic rings. The Morgan fingerprint density at radius 2 is 2.31 bits per heavy atom. The Morgan fingerprint density at radius 1 is 1.56 bits per heavy atom. The molecule has 1 aromatic carbocycles. The lowest BCUT2D eigenvalue weighted by atomic mass is 10.1.